The second-order valence-electron chi connectivity index (χ2n) is 5.70. The largest absolute Gasteiger partial charge is 0.444 e. The van der Waals surface area contributed by atoms with Gasteiger partial charge in [0.1, 0.15) is 5.60 Å². The Hall–Kier alpha value is -0.810. The van der Waals surface area contributed by atoms with Crippen LogP contribution in [-0.2, 0) is 9.47 Å². The summed E-state index contributed by atoms with van der Waals surface area (Å²) in [4.78, 5) is 13.4. The van der Waals surface area contributed by atoms with Gasteiger partial charge in [0.05, 0.1) is 19.3 Å². The van der Waals surface area contributed by atoms with Gasteiger partial charge >= 0.3 is 6.09 Å². The van der Waals surface area contributed by atoms with Crippen molar-refractivity contribution < 1.29 is 19.4 Å². The van der Waals surface area contributed by atoms with Crippen molar-refractivity contribution in [1.82, 2.24) is 4.90 Å². The molecule has 1 amide bonds. The Morgan fingerprint density at radius 1 is 1.44 bits per heavy atom. The molecule has 1 saturated heterocycles. The topological polar surface area (TPSA) is 59.0 Å². The van der Waals surface area contributed by atoms with Gasteiger partial charge in [-0.05, 0) is 34.1 Å². The van der Waals surface area contributed by atoms with Crippen LogP contribution in [0.25, 0.3) is 0 Å². The van der Waals surface area contributed by atoms with Crippen molar-refractivity contribution in [3.8, 4) is 0 Å². The van der Waals surface area contributed by atoms with Gasteiger partial charge in [-0.3, -0.25) is 0 Å². The van der Waals surface area contributed by atoms with E-state index in [2.05, 4.69) is 0 Å². The Bertz CT molecular complexity index is 275. The number of carbonyl (C=O) groups excluding carboxylic acids is 1. The lowest BCUT2D eigenvalue weighted by atomic mass is 9.95. The maximum atomic E-state index is 11.8. The maximum absolute atomic E-state index is 11.8. The molecule has 5 nitrogen and oxygen atoms in total. The molecule has 0 saturated carbocycles. The average molecular weight is 259 g/mol. The molecule has 0 bridgehead atoms. The van der Waals surface area contributed by atoms with Gasteiger partial charge in [0.15, 0.2) is 0 Å². The van der Waals surface area contributed by atoms with E-state index in [4.69, 9.17) is 9.47 Å². The normalized spacial score (nSPS) is 25.1. The van der Waals surface area contributed by atoms with Crippen molar-refractivity contribution in [2.45, 2.75) is 45.8 Å². The summed E-state index contributed by atoms with van der Waals surface area (Å²) in [5, 5.41) is 9.98. The number of β-amino-alcohol motifs (C(OH)–C–C–N with tert-alkyl or cyclic N) is 1. The van der Waals surface area contributed by atoms with Gasteiger partial charge in [-0.2, -0.15) is 0 Å². The molecule has 1 fully saturated rings. The fraction of sp³-hybridized carbons (Fsp3) is 0.923. The number of amides is 1. The Kier molecular flexibility index (Phi) is 5.41. The van der Waals surface area contributed by atoms with Crippen LogP contribution in [0.2, 0.25) is 0 Å². The Balaban J connectivity index is 2.43. The highest BCUT2D eigenvalue weighted by Crippen LogP contribution is 2.20. The number of likely N-dealkylation sites (tertiary alicyclic amines) is 1. The van der Waals surface area contributed by atoms with E-state index < -0.39 is 11.7 Å². The number of hydrogen-bond acceptors (Lipinski definition) is 4. The van der Waals surface area contributed by atoms with Crippen LogP contribution < -0.4 is 0 Å². The molecule has 1 N–H and O–H groups in total. The second kappa shape index (κ2) is 6.38. The van der Waals surface area contributed by atoms with Crippen LogP contribution in [0.15, 0.2) is 0 Å². The van der Waals surface area contributed by atoms with Crippen LogP contribution >= 0.6 is 0 Å². The minimum absolute atomic E-state index is 0.114. The smallest absolute Gasteiger partial charge is 0.410 e. The summed E-state index contributed by atoms with van der Waals surface area (Å²) in [7, 11) is 0. The van der Waals surface area contributed by atoms with Gasteiger partial charge < -0.3 is 19.5 Å². The molecule has 0 aromatic heterocycles. The first-order valence-electron chi connectivity index (χ1n) is 6.57. The summed E-state index contributed by atoms with van der Waals surface area (Å²) in [5.41, 5.74) is -0.496. The maximum Gasteiger partial charge on any atom is 0.410 e. The number of hydrogen-bond donors (Lipinski definition) is 1. The fourth-order valence-electron chi connectivity index (χ4n) is 1.94. The summed E-state index contributed by atoms with van der Waals surface area (Å²) in [6.45, 7) is 9.59. The predicted octanol–water partition coefficient (Wildman–Crippen LogP) is 1.64. The molecule has 0 aliphatic carbocycles. The van der Waals surface area contributed by atoms with Crippen LogP contribution in [0.1, 0.15) is 34.1 Å². The molecule has 0 aromatic carbocycles. The van der Waals surface area contributed by atoms with E-state index in [0.29, 0.717) is 26.3 Å². The predicted molar refractivity (Wildman–Crippen MR) is 68.4 cm³/mol. The second-order valence-corrected chi connectivity index (χ2v) is 5.70. The average Bonchev–Trinajstić information content (AvgIpc) is 2.25. The molecular weight excluding hydrogens is 234 g/mol. The summed E-state index contributed by atoms with van der Waals surface area (Å²) in [5.74, 6) is 0.114. The molecule has 5 heteroatoms. The van der Waals surface area contributed by atoms with E-state index >= 15 is 0 Å². The van der Waals surface area contributed by atoms with Crippen LogP contribution in [0.3, 0.4) is 0 Å². The van der Waals surface area contributed by atoms with Crippen molar-refractivity contribution in [2.24, 2.45) is 5.92 Å². The van der Waals surface area contributed by atoms with Crippen molar-refractivity contribution in [2.75, 3.05) is 26.3 Å². The molecule has 2 unspecified atom stereocenters. The van der Waals surface area contributed by atoms with Gasteiger partial charge in [0.25, 0.3) is 0 Å². The number of nitrogens with zero attached hydrogens (tertiary/aromatic N) is 1. The quantitative estimate of drug-likeness (QED) is 0.837. The van der Waals surface area contributed by atoms with E-state index in [0.717, 1.165) is 6.42 Å². The van der Waals surface area contributed by atoms with Crippen LogP contribution in [0.5, 0.6) is 0 Å². The molecule has 1 aliphatic rings. The lowest BCUT2D eigenvalue weighted by Gasteiger charge is -2.36. The van der Waals surface area contributed by atoms with Crippen LogP contribution in [-0.4, -0.2) is 54.1 Å². The molecule has 2 atom stereocenters. The summed E-state index contributed by atoms with van der Waals surface area (Å²) < 4.78 is 10.6. The molecular formula is C13H25NO4. The zero-order chi connectivity index (χ0) is 13.8. The first-order chi connectivity index (χ1) is 8.33. The molecule has 0 spiro atoms. The SMILES string of the molecule is CCOCC1CCN(C(=O)OC(C)(C)C)CC1O. The molecule has 0 aromatic rings. The first-order valence-corrected chi connectivity index (χ1v) is 6.57. The highest BCUT2D eigenvalue weighted by molar-refractivity contribution is 5.68. The van der Waals surface area contributed by atoms with E-state index in [1.54, 1.807) is 4.90 Å². The summed E-state index contributed by atoms with van der Waals surface area (Å²) >= 11 is 0. The minimum Gasteiger partial charge on any atom is -0.444 e. The highest BCUT2D eigenvalue weighted by Gasteiger charge is 2.32. The number of rotatable bonds is 3. The zero-order valence-corrected chi connectivity index (χ0v) is 11.8. The lowest BCUT2D eigenvalue weighted by Crippen LogP contribution is -2.49. The number of ether oxygens (including phenoxy) is 2. The molecule has 1 rings (SSSR count). The number of aliphatic hydroxyl groups is 1. The van der Waals surface area contributed by atoms with Gasteiger partial charge in [-0.1, -0.05) is 0 Å². The Labute approximate surface area is 109 Å². The van der Waals surface area contributed by atoms with Gasteiger partial charge in [-0.15, -0.1) is 0 Å². The first kappa shape index (κ1) is 15.2. The van der Waals surface area contributed by atoms with Crippen molar-refractivity contribution in [3.63, 3.8) is 0 Å². The van der Waals surface area contributed by atoms with Gasteiger partial charge in [-0.25, -0.2) is 4.79 Å². The zero-order valence-electron chi connectivity index (χ0n) is 11.8. The van der Waals surface area contributed by atoms with Gasteiger partial charge in [0, 0.05) is 19.1 Å². The minimum atomic E-state index is -0.530. The molecule has 18 heavy (non-hydrogen) atoms. The number of piperidine rings is 1. The highest BCUT2D eigenvalue weighted by atomic mass is 16.6. The molecule has 0 radical (unpaired) electrons. The standard InChI is InChI=1S/C13H25NO4/c1-5-17-9-10-6-7-14(8-11(10)15)12(16)18-13(2,3)4/h10-11,15H,5-9H2,1-4H3. The van der Waals surface area contributed by atoms with E-state index in [1.165, 1.54) is 0 Å². The van der Waals surface area contributed by atoms with Crippen LogP contribution in [0, 0.1) is 5.92 Å². The van der Waals surface area contributed by atoms with E-state index in [9.17, 15) is 9.90 Å². The van der Waals surface area contributed by atoms with Crippen molar-refractivity contribution >= 4 is 6.09 Å². The van der Waals surface area contributed by atoms with Crippen LogP contribution in [0.4, 0.5) is 4.79 Å². The molecule has 1 aliphatic heterocycles. The van der Waals surface area contributed by atoms with Crippen molar-refractivity contribution in [1.29, 1.82) is 0 Å². The Morgan fingerprint density at radius 3 is 2.61 bits per heavy atom. The third-order valence-corrected chi connectivity index (χ3v) is 2.91. The monoisotopic (exact) mass is 259 g/mol. The van der Waals surface area contributed by atoms with E-state index in [1.807, 2.05) is 27.7 Å². The Morgan fingerprint density at radius 2 is 2.11 bits per heavy atom. The van der Waals surface area contributed by atoms with Crippen molar-refractivity contribution in [3.05, 3.63) is 0 Å². The molecule has 106 valence electrons. The van der Waals surface area contributed by atoms with Gasteiger partial charge in [0.2, 0.25) is 0 Å². The number of carbonyl (C=O) groups is 1. The third-order valence-electron chi connectivity index (χ3n) is 2.91. The number of aliphatic hydroxyl groups excluding tert-OH is 1. The third kappa shape index (κ3) is 4.82. The fourth-order valence-corrected chi connectivity index (χ4v) is 1.94. The summed E-state index contributed by atoms with van der Waals surface area (Å²) in [6, 6.07) is 0. The summed E-state index contributed by atoms with van der Waals surface area (Å²) in [6.07, 6.45) is -0.130. The lowest BCUT2D eigenvalue weighted by molar-refractivity contribution is -0.0333. The molecule has 1 heterocycles. The van der Waals surface area contributed by atoms with E-state index in [-0.39, 0.29) is 12.0 Å².